The number of nitrogens with zero attached hydrogens (tertiary/aromatic N) is 1. The molecule has 1 aromatic carbocycles. The van der Waals surface area contributed by atoms with Gasteiger partial charge in [-0.15, -0.1) is 0 Å². The van der Waals surface area contributed by atoms with Gasteiger partial charge >= 0.3 is 0 Å². The zero-order valence-corrected chi connectivity index (χ0v) is 9.62. The molecule has 1 amide bonds. The molecule has 5 nitrogen and oxygen atoms in total. The van der Waals surface area contributed by atoms with E-state index in [2.05, 4.69) is 0 Å². The number of nitrogens with two attached hydrogens (primary N) is 1. The van der Waals surface area contributed by atoms with Crippen molar-refractivity contribution in [1.29, 1.82) is 0 Å². The Morgan fingerprint density at radius 2 is 2.06 bits per heavy atom. The highest BCUT2D eigenvalue weighted by atomic mass is 32.2. The van der Waals surface area contributed by atoms with E-state index in [4.69, 9.17) is 5.73 Å². The number of rotatable bonds is 2. The van der Waals surface area contributed by atoms with Crippen molar-refractivity contribution in [3.05, 3.63) is 23.8 Å². The zero-order valence-electron chi connectivity index (χ0n) is 8.80. The maximum Gasteiger partial charge on any atom is 0.269 e. The summed E-state index contributed by atoms with van der Waals surface area (Å²) in [6.07, 6.45) is 0.592. The van der Waals surface area contributed by atoms with E-state index in [-0.39, 0.29) is 17.0 Å². The molecule has 1 aliphatic heterocycles. The van der Waals surface area contributed by atoms with E-state index < -0.39 is 15.9 Å². The first kappa shape index (κ1) is 10.9. The van der Waals surface area contributed by atoms with Gasteiger partial charge in [0.2, 0.25) is 0 Å². The van der Waals surface area contributed by atoms with Gasteiger partial charge in [-0.1, -0.05) is 6.92 Å². The van der Waals surface area contributed by atoms with E-state index in [9.17, 15) is 13.2 Å². The molecule has 1 aliphatic rings. The summed E-state index contributed by atoms with van der Waals surface area (Å²) in [6.45, 7) is 2.02. The fraction of sp³-hybridized carbons (Fsp3) is 0.300. The van der Waals surface area contributed by atoms with Gasteiger partial charge in [0, 0.05) is 12.2 Å². The molecule has 1 aromatic rings. The standard InChI is InChI=1S/C10H12N2O3S/c1-2-5-12-10(13)8-6-7(11)3-4-9(8)16(12,14)15/h3-4,6H,2,5,11H2,1H3. The minimum atomic E-state index is -3.65. The number of amides is 1. The highest BCUT2D eigenvalue weighted by Gasteiger charge is 2.40. The number of benzene rings is 1. The summed E-state index contributed by atoms with van der Waals surface area (Å²) >= 11 is 0. The Labute approximate surface area is 93.9 Å². The molecule has 0 unspecified atom stereocenters. The van der Waals surface area contributed by atoms with Crippen LogP contribution < -0.4 is 5.73 Å². The lowest BCUT2D eigenvalue weighted by atomic mass is 10.2. The Balaban J connectivity index is 2.62. The molecule has 0 bridgehead atoms. The van der Waals surface area contributed by atoms with Crippen molar-refractivity contribution in [3.63, 3.8) is 0 Å². The maximum absolute atomic E-state index is 12.0. The van der Waals surface area contributed by atoms with Crippen molar-refractivity contribution in [2.75, 3.05) is 12.3 Å². The molecule has 0 aliphatic carbocycles. The molecule has 0 fully saturated rings. The molecule has 0 saturated heterocycles. The lowest BCUT2D eigenvalue weighted by molar-refractivity contribution is 0.0871. The Morgan fingerprint density at radius 1 is 1.38 bits per heavy atom. The SMILES string of the molecule is CCCN1C(=O)c2cc(N)ccc2S1(=O)=O. The zero-order chi connectivity index (χ0) is 11.9. The van der Waals surface area contributed by atoms with Crippen molar-refractivity contribution in [1.82, 2.24) is 4.31 Å². The van der Waals surface area contributed by atoms with Crippen LogP contribution in [0.2, 0.25) is 0 Å². The largest absolute Gasteiger partial charge is 0.399 e. The van der Waals surface area contributed by atoms with Gasteiger partial charge in [0.05, 0.1) is 5.56 Å². The van der Waals surface area contributed by atoms with E-state index in [1.807, 2.05) is 6.92 Å². The number of hydrogen-bond donors (Lipinski definition) is 1. The van der Waals surface area contributed by atoms with Crippen LogP contribution in [0.1, 0.15) is 23.7 Å². The number of anilines is 1. The maximum atomic E-state index is 12.0. The number of carbonyl (C=O) groups is 1. The van der Waals surface area contributed by atoms with Gasteiger partial charge in [-0.25, -0.2) is 12.7 Å². The van der Waals surface area contributed by atoms with Crippen LogP contribution in [0.3, 0.4) is 0 Å². The molecular formula is C10H12N2O3S. The Morgan fingerprint density at radius 3 is 2.69 bits per heavy atom. The predicted octanol–water partition coefficient (Wildman–Crippen LogP) is 0.823. The normalized spacial score (nSPS) is 17.6. The van der Waals surface area contributed by atoms with Gasteiger partial charge in [0.25, 0.3) is 15.9 Å². The number of fused-ring (bicyclic) bond motifs is 1. The van der Waals surface area contributed by atoms with Gasteiger partial charge in [-0.2, -0.15) is 0 Å². The van der Waals surface area contributed by atoms with Crippen LogP contribution >= 0.6 is 0 Å². The highest BCUT2D eigenvalue weighted by Crippen LogP contribution is 2.31. The molecule has 0 saturated carbocycles. The minimum absolute atomic E-state index is 0.0557. The minimum Gasteiger partial charge on any atom is -0.399 e. The molecule has 2 rings (SSSR count). The van der Waals surface area contributed by atoms with Crippen LogP contribution in [0.4, 0.5) is 5.69 Å². The summed E-state index contributed by atoms with van der Waals surface area (Å²) in [5.74, 6) is -0.482. The molecule has 2 N–H and O–H groups in total. The topological polar surface area (TPSA) is 80.5 Å². The van der Waals surface area contributed by atoms with Crippen molar-refractivity contribution in [3.8, 4) is 0 Å². The van der Waals surface area contributed by atoms with E-state index in [0.717, 1.165) is 4.31 Å². The third-order valence-electron chi connectivity index (χ3n) is 2.46. The van der Waals surface area contributed by atoms with Gasteiger partial charge in [0.15, 0.2) is 0 Å². The lowest BCUT2D eigenvalue weighted by Gasteiger charge is -2.12. The summed E-state index contributed by atoms with van der Waals surface area (Å²) < 4.78 is 24.8. The fourth-order valence-electron chi connectivity index (χ4n) is 1.73. The van der Waals surface area contributed by atoms with Crippen LogP contribution in [0.15, 0.2) is 23.1 Å². The fourth-order valence-corrected chi connectivity index (χ4v) is 3.37. The molecule has 0 aromatic heterocycles. The summed E-state index contributed by atoms with van der Waals surface area (Å²) in [5.41, 5.74) is 6.10. The van der Waals surface area contributed by atoms with E-state index >= 15 is 0 Å². The Hall–Kier alpha value is -1.56. The molecule has 6 heteroatoms. The second-order valence-electron chi connectivity index (χ2n) is 3.64. The number of carbonyl (C=O) groups excluding carboxylic acids is 1. The van der Waals surface area contributed by atoms with Gasteiger partial charge in [-0.05, 0) is 24.6 Å². The van der Waals surface area contributed by atoms with Gasteiger partial charge < -0.3 is 5.73 Å². The smallest absolute Gasteiger partial charge is 0.269 e. The molecular weight excluding hydrogens is 228 g/mol. The molecule has 1 heterocycles. The Kier molecular flexibility index (Phi) is 2.38. The van der Waals surface area contributed by atoms with Crippen LogP contribution in [0, 0.1) is 0 Å². The molecule has 16 heavy (non-hydrogen) atoms. The number of nitrogen functional groups attached to an aromatic ring is 1. The second kappa shape index (κ2) is 3.48. The van der Waals surface area contributed by atoms with Gasteiger partial charge in [-0.3, -0.25) is 4.79 Å². The Bertz CT molecular complexity index is 551. The highest BCUT2D eigenvalue weighted by molar-refractivity contribution is 7.90. The van der Waals surface area contributed by atoms with Gasteiger partial charge in [0.1, 0.15) is 4.90 Å². The third-order valence-corrected chi connectivity index (χ3v) is 4.30. The summed E-state index contributed by atoms with van der Waals surface area (Å²) in [6, 6.07) is 4.28. The first-order valence-corrected chi connectivity index (χ1v) is 6.39. The molecule has 0 spiro atoms. The van der Waals surface area contributed by atoms with E-state index in [1.54, 1.807) is 0 Å². The third kappa shape index (κ3) is 1.37. The number of hydrogen-bond acceptors (Lipinski definition) is 4. The first-order valence-electron chi connectivity index (χ1n) is 4.95. The van der Waals surface area contributed by atoms with Crippen molar-refractivity contribution >= 4 is 21.6 Å². The predicted molar refractivity (Wildman–Crippen MR) is 59.4 cm³/mol. The lowest BCUT2D eigenvalue weighted by Crippen LogP contribution is -2.30. The first-order chi connectivity index (χ1) is 7.48. The summed E-state index contributed by atoms with van der Waals surface area (Å²) in [4.78, 5) is 11.9. The quantitative estimate of drug-likeness (QED) is 0.776. The molecule has 0 radical (unpaired) electrons. The van der Waals surface area contributed by atoms with Crippen molar-refractivity contribution < 1.29 is 13.2 Å². The average molecular weight is 240 g/mol. The van der Waals surface area contributed by atoms with E-state index in [0.29, 0.717) is 12.1 Å². The van der Waals surface area contributed by atoms with Crippen LogP contribution in [-0.4, -0.2) is 25.2 Å². The van der Waals surface area contributed by atoms with Crippen molar-refractivity contribution in [2.24, 2.45) is 0 Å². The van der Waals surface area contributed by atoms with Crippen LogP contribution in [0.5, 0.6) is 0 Å². The molecule has 0 atom stereocenters. The summed E-state index contributed by atoms with van der Waals surface area (Å²) in [5, 5.41) is 0. The average Bonchev–Trinajstić information content (AvgIpc) is 2.40. The second-order valence-corrected chi connectivity index (χ2v) is 5.47. The monoisotopic (exact) mass is 240 g/mol. The molecule has 86 valence electrons. The van der Waals surface area contributed by atoms with Crippen LogP contribution in [-0.2, 0) is 10.0 Å². The summed E-state index contributed by atoms with van der Waals surface area (Å²) in [7, 11) is -3.65. The van der Waals surface area contributed by atoms with Crippen LogP contribution in [0.25, 0.3) is 0 Å². The number of sulfonamides is 1. The van der Waals surface area contributed by atoms with Crippen molar-refractivity contribution in [2.45, 2.75) is 18.2 Å². The van der Waals surface area contributed by atoms with E-state index in [1.165, 1.54) is 18.2 Å².